The van der Waals surface area contributed by atoms with Gasteiger partial charge in [0.2, 0.25) is 0 Å². The third kappa shape index (κ3) is 6.20. The molecule has 0 atom stereocenters. The van der Waals surface area contributed by atoms with Crippen LogP contribution in [0.5, 0.6) is 23.0 Å². The number of hydrogen-bond donors (Lipinski definition) is 4. The van der Waals surface area contributed by atoms with E-state index in [4.69, 9.17) is 31.4 Å². The van der Waals surface area contributed by atoms with Crippen LogP contribution in [0, 0.1) is 0 Å². The fraction of sp³-hybridized carbons (Fsp3) is 0.160. The third-order valence-corrected chi connectivity index (χ3v) is 5.16. The summed E-state index contributed by atoms with van der Waals surface area (Å²) in [6.07, 6.45) is 0. The first-order valence-electron chi connectivity index (χ1n) is 10.8. The number of ether oxygens (including phenoxy) is 2. The number of hydrogen-bond acceptors (Lipinski definition) is 7. The summed E-state index contributed by atoms with van der Waals surface area (Å²) in [6, 6.07) is 18.2. The summed E-state index contributed by atoms with van der Waals surface area (Å²) in [7, 11) is 0. The van der Waals surface area contributed by atoms with Crippen LogP contribution in [0.15, 0.2) is 77.0 Å². The first-order chi connectivity index (χ1) is 16.9. The van der Waals surface area contributed by atoms with Gasteiger partial charge >= 0.3 is 0 Å². The van der Waals surface area contributed by atoms with Gasteiger partial charge < -0.3 is 36.3 Å². The molecule has 0 aromatic heterocycles. The van der Waals surface area contributed by atoms with Gasteiger partial charge in [0.05, 0.1) is 0 Å². The highest BCUT2D eigenvalue weighted by molar-refractivity contribution is 5.97. The predicted molar refractivity (Wildman–Crippen MR) is 132 cm³/mol. The molecule has 0 aliphatic rings. The molecule has 0 unspecified atom stereocenters. The van der Waals surface area contributed by atoms with Gasteiger partial charge in [0.15, 0.2) is 11.7 Å². The van der Waals surface area contributed by atoms with Gasteiger partial charge in [0.25, 0.3) is 5.91 Å². The quantitative estimate of drug-likeness (QED) is 0.157. The summed E-state index contributed by atoms with van der Waals surface area (Å²) in [4.78, 5) is 14.7. The second-order valence-corrected chi connectivity index (χ2v) is 7.39. The van der Waals surface area contributed by atoms with Crippen molar-refractivity contribution in [3.8, 4) is 23.0 Å². The summed E-state index contributed by atoms with van der Waals surface area (Å²) >= 11 is 0. The van der Waals surface area contributed by atoms with Crippen molar-refractivity contribution in [1.29, 1.82) is 0 Å². The Labute approximate surface area is 202 Å². The fourth-order valence-corrected chi connectivity index (χ4v) is 3.28. The fourth-order valence-electron chi connectivity index (χ4n) is 3.28. The maximum atomic E-state index is 13.0. The molecule has 0 aliphatic carbocycles. The maximum absolute atomic E-state index is 13.0. The molecule has 35 heavy (non-hydrogen) atoms. The van der Waals surface area contributed by atoms with Crippen molar-refractivity contribution in [2.45, 2.75) is 13.8 Å². The highest BCUT2D eigenvalue weighted by atomic mass is 16.5. The van der Waals surface area contributed by atoms with Crippen LogP contribution < -0.4 is 20.9 Å². The minimum Gasteiger partial charge on any atom is -0.457 e. The monoisotopic (exact) mass is 477 g/mol. The van der Waals surface area contributed by atoms with Gasteiger partial charge in [-0.1, -0.05) is 10.3 Å². The van der Waals surface area contributed by atoms with E-state index in [1.165, 1.54) is 0 Å². The van der Waals surface area contributed by atoms with Gasteiger partial charge in [0.1, 0.15) is 23.0 Å². The molecule has 0 bridgehead atoms. The zero-order valence-corrected chi connectivity index (χ0v) is 19.4. The zero-order valence-electron chi connectivity index (χ0n) is 19.4. The van der Waals surface area contributed by atoms with E-state index >= 15 is 0 Å². The number of amidine groups is 2. The number of oxime groups is 2. The number of nitrogens with zero attached hydrogens (tertiary/aromatic N) is 3. The van der Waals surface area contributed by atoms with Gasteiger partial charge in [0, 0.05) is 35.8 Å². The van der Waals surface area contributed by atoms with Crippen molar-refractivity contribution >= 4 is 17.6 Å². The van der Waals surface area contributed by atoms with Crippen molar-refractivity contribution in [3.63, 3.8) is 0 Å². The van der Waals surface area contributed by atoms with Crippen LogP contribution >= 0.6 is 0 Å². The summed E-state index contributed by atoms with van der Waals surface area (Å²) in [6.45, 7) is 4.93. The van der Waals surface area contributed by atoms with E-state index in [9.17, 15) is 4.79 Å². The molecule has 10 nitrogen and oxygen atoms in total. The molecule has 0 saturated heterocycles. The molecule has 6 N–H and O–H groups in total. The van der Waals surface area contributed by atoms with Crippen LogP contribution in [-0.4, -0.2) is 46.0 Å². The van der Waals surface area contributed by atoms with Gasteiger partial charge in [-0.2, -0.15) is 0 Å². The molecule has 0 aliphatic heterocycles. The van der Waals surface area contributed by atoms with Crippen molar-refractivity contribution in [2.75, 3.05) is 13.1 Å². The van der Waals surface area contributed by atoms with Crippen molar-refractivity contribution in [2.24, 2.45) is 21.8 Å². The van der Waals surface area contributed by atoms with Gasteiger partial charge in [-0.25, -0.2) is 0 Å². The molecular weight excluding hydrogens is 450 g/mol. The molecule has 3 aromatic carbocycles. The standard InChI is InChI=1S/C25H27N5O5/c1-3-30(4-2)25(31)18-13-21(34-19-9-5-16(6-10-19)23(26)28-32)15-22(14-18)35-20-11-7-17(8-12-20)24(27)29-33/h5-15,32-33H,3-4H2,1-2H3,(H2,26,28)(H2,27,29). The molecule has 3 rings (SSSR count). The summed E-state index contributed by atoms with van der Waals surface area (Å²) in [5.74, 6) is 1.57. The molecule has 0 radical (unpaired) electrons. The van der Waals surface area contributed by atoms with E-state index in [0.717, 1.165) is 0 Å². The highest BCUT2D eigenvalue weighted by Crippen LogP contribution is 2.31. The highest BCUT2D eigenvalue weighted by Gasteiger charge is 2.16. The lowest BCUT2D eigenvalue weighted by Gasteiger charge is -2.20. The van der Waals surface area contributed by atoms with E-state index in [1.54, 1.807) is 71.6 Å². The zero-order chi connectivity index (χ0) is 25.4. The van der Waals surface area contributed by atoms with Crippen molar-refractivity contribution < 1.29 is 24.7 Å². The molecular formula is C25H27N5O5. The van der Waals surface area contributed by atoms with E-state index in [0.29, 0.717) is 52.8 Å². The van der Waals surface area contributed by atoms with Crippen LogP contribution in [0.25, 0.3) is 0 Å². The van der Waals surface area contributed by atoms with Crippen molar-refractivity contribution in [1.82, 2.24) is 4.90 Å². The topological polar surface area (TPSA) is 156 Å². The van der Waals surface area contributed by atoms with Gasteiger partial charge in [-0.05, 0) is 74.5 Å². The summed E-state index contributed by atoms with van der Waals surface area (Å²) < 4.78 is 11.9. The van der Waals surface area contributed by atoms with Gasteiger partial charge in [-0.3, -0.25) is 4.79 Å². The van der Waals surface area contributed by atoms with E-state index in [-0.39, 0.29) is 17.6 Å². The molecule has 10 heteroatoms. The molecule has 0 saturated carbocycles. The number of benzene rings is 3. The first kappa shape index (κ1) is 24.9. The number of carbonyl (C=O) groups excluding carboxylic acids is 1. The number of carbonyl (C=O) groups is 1. The lowest BCUT2D eigenvalue weighted by molar-refractivity contribution is 0.0772. The lowest BCUT2D eigenvalue weighted by Crippen LogP contribution is -2.30. The summed E-state index contributed by atoms with van der Waals surface area (Å²) in [5, 5.41) is 23.6. The maximum Gasteiger partial charge on any atom is 0.254 e. The normalized spacial score (nSPS) is 11.7. The molecule has 3 aromatic rings. The molecule has 0 spiro atoms. The predicted octanol–water partition coefficient (Wildman–Crippen LogP) is 3.94. The molecule has 182 valence electrons. The van der Waals surface area contributed by atoms with E-state index in [2.05, 4.69) is 10.3 Å². The smallest absolute Gasteiger partial charge is 0.254 e. The molecule has 0 heterocycles. The van der Waals surface area contributed by atoms with Crippen LogP contribution in [0.4, 0.5) is 0 Å². The Morgan fingerprint density at radius 2 is 1.11 bits per heavy atom. The van der Waals surface area contributed by atoms with E-state index < -0.39 is 0 Å². The summed E-state index contributed by atoms with van der Waals surface area (Å²) in [5.41, 5.74) is 12.7. The Bertz CT molecular complexity index is 1140. The lowest BCUT2D eigenvalue weighted by atomic mass is 10.1. The minimum atomic E-state index is -0.158. The SMILES string of the molecule is CCN(CC)C(=O)c1cc(Oc2ccc(C(N)=NO)cc2)cc(Oc2ccc(C(N)=NO)cc2)c1. The number of amides is 1. The van der Waals surface area contributed by atoms with E-state index in [1.807, 2.05) is 13.8 Å². The van der Waals surface area contributed by atoms with Gasteiger partial charge in [-0.15, -0.1) is 0 Å². The van der Waals surface area contributed by atoms with Crippen LogP contribution in [0.2, 0.25) is 0 Å². The minimum absolute atomic E-state index is 0.0166. The first-order valence-corrected chi connectivity index (χ1v) is 10.8. The van der Waals surface area contributed by atoms with Crippen molar-refractivity contribution in [3.05, 3.63) is 83.4 Å². The number of rotatable bonds is 9. The average molecular weight is 478 g/mol. The molecule has 0 fully saturated rings. The Hall–Kier alpha value is -4.73. The second-order valence-electron chi connectivity index (χ2n) is 7.39. The largest absolute Gasteiger partial charge is 0.457 e. The second kappa shape index (κ2) is 11.4. The Morgan fingerprint density at radius 1 is 0.714 bits per heavy atom. The Morgan fingerprint density at radius 3 is 1.46 bits per heavy atom. The third-order valence-electron chi connectivity index (χ3n) is 5.16. The van der Waals surface area contributed by atoms with Crippen LogP contribution in [-0.2, 0) is 0 Å². The molecule has 1 amide bonds. The van der Waals surface area contributed by atoms with Crippen LogP contribution in [0.1, 0.15) is 35.3 Å². The Balaban J connectivity index is 1.93. The average Bonchev–Trinajstić information content (AvgIpc) is 2.89. The van der Waals surface area contributed by atoms with Crippen LogP contribution in [0.3, 0.4) is 0 Å². The number of nitrogens with two attached hydrogens (primary N) is 2. The Kier molecular flexibility index (Phi) is 8.12.